The zero-order valence-corrected chi connectivity index (χ0v) is 18.5. The van der Waals surface area contributed by atoms with Crippen molar-refractivity contribution in [3.05, 3.63) is 82.3 Å². The summed E-state index contributed by atoms with van der Waals surface area (Å²) < 4.78 is 11.7. The van der Waals surface area contributed by atoms with Gasteiger partial charge in [-0.2, -0.15) is 0 Å². The number of hydrogen-bond acceptors (Lipinski definition) is 4. The van der Waals surface area contributed by atoms with E-state index in [0.29, 0.717) is 23.6 Å². The van der Waals surface area contributed by atoms with E-state index in [1.54, 1.807) is 32.4 Å². The zero-order chi connectivity index (χ0) is 21.1. The average molecular weight is 467 g/mol. The number of halogens is 1. The molecule has 154 valence electrons. The van der Waals surface area contributed by atoms with E-state index < -0.39 is 0 Å². The first-order valence-electron chi connectivity index (χ1n) is 9.75. The topological polar surface area (TPSA) is 50.8 Å². The fourth-order valence-electron chi connectivity index (χ4n) is 3.80. The highest BCUT2D eigenvalue weighted by Crippen LogP contribution is 2.37. The Morgan fingerprint density at radius 1 is 1.00 bits per heavy atom. The van der Waals surface area contributed by atoms with Crippen molar-refractivity contribution < 1.29 is 14.3 Å². The van der Waals surface area contributed by atoms with E-state index in [1.165, 1.54) is 0 Å². The van der Waals surface area contributed by atoms with Crippen LogP contribution in [0.15, 0.2) is 71.2 Å². The van der Waals surface area contributed by atoms with Crippen LogP contribution in [0.5, 0.6) is 11.5 Å². The largest absolute Gasteiger partial charge is 0.493 e. The lowest BCUT2D eigenvalue weighted by atomic mass is 9.95. The van der Waals surface area contributed by atoms with Gasteiger partial charge in [-0.1, -0.05) is 34.1 Å². The van der Waals surface area contributed by atoms with Gasteiger partial charge in [0, 0.05) is 28.0 Å². The van der Waals surface area contributed by atoms with E-state index >= 15 is 0 Å². The highest BCUT2D eigenvalue weighted by Gasteiger charge is 2.29. The summed E-state index contributed by atoms with van der Waals surface area (Å²) in [6.45, 7) is 0.623. The number of ether oxygens (including phenoxy) is 2. The molecular formula is C24H23BrN2O3. The summed E-state index contributed by atoms with van der Waals surface area (Å²) in [5.41, 5.74) is 3.66. The molecule has 0 spiro atoms. The van der Waals surface area contributed by atoms with Gasteiger partial charge >= 0.3 is 0 Å². The van der Waals surface area contributed by atoms with Crippen molar-refractivity contribution in [3.63, 3.8) is 0 Å². The van der Waals surface area contributed by atoms with E-state index in [2.05, 4.69) is 27.3 Å². The van der Waals surface area contributed by atoms with Crippen LogP contribution in [0.2, 0.25) is 0 Å². The minimum Gasteiger partial charge on any atom is -0.493 e. The minimum atomic E-state index is -0.0505. The van der Waals surface area contributed by atoms with Crippen molar-refractivity contribution in [2.75, 3.05) is 31.0 Å². The van der Waals surface area contributed by atoms with Gasteiger partial charge in [0.15, 0.2) is 11.5 Å². The van der Waals surface area contributed by atoms with Crippen LogP contribution >= 0.6 is 15.9 Å². The first kappa shape index (κ1) is 20.3. The molecule has 30 heavy (non-hydrogen) atoms. The molecule has 0 radical (unpaired) electrons. The van der Waals surface area contributed by atoms with Gasteiger partial charge in [-0.25, -0.2) is 0 Å². The third kappa shape index (κ3) is 4.00. The van der Waals surface area contributed by atoms with Crippen molar-refractivity contribution in [2.24, 2.45) is 0 Å². The summed E-state index contributed by atoms with van der Waals surface area (Å²) in [6.07, 6.45) is 0.812. The zero-order valence-electron chi connectivity index (χ0n) is 16.9. The molecule has 0 fully saturated rings. The lowest BCUT2D eigenvalue weighted by molar-refractivity contribution is 0.0984. The quantitative estimate of drug-likeness (QED) is 0.526. The SMILES string of the molecule is COc1ccc(C(=O)N2CCC(Nc3ccc(Br)cc3)c3ccccc32)cc1OC. The molecule has 0 saturated heterocycles. The molecular weight excluding hydrogens is 444 g/mol. The van der Waals surface area contributed by atoms with Gasteiger partial charge in [0.1, 0.15) is 0 Å². The van der Waals surface area contributed by atoms with Gasteiger partial charge in [0.2, 0.25) is 0 Å². The van der Waals surface area contributed by atoms with Crippen molar-refractivity contribution in [3.8, 4) is 11.5 Å². The van der Waals surface area contributed by atoms with Crippen LogP contribution in [-0.2, 0) is 0 Å². The summed E-state index contributed by atoms with van der Waals surface area (Å²) in [6, 6.07) is 21.6. The predicted molar refractivity (Wildman–Crippen MR) is 123 cm³/mol. The number of benzene rings is 3. The van der Waals surface area contributed by atoms with Gasteiger partial charge in [-0.05, 0) is 60.5 Å². The molecule has 1 aliphatic rings. The number of anilines is 2. The lowest BCUT2D eigenvalue weighted by Gasteiger charge is -2.35. The molecule has 0 aromatic heterocycles. The number of amides is 1. The average Bonchev–Trinajstić information content (AvgIpc) is 2.79. The molecule has 0 bridgehead atoms. The fourth-order valence-corrected chi connectivity index (χ4v) is 4.06. The predicted octanol–water partition coefficient (Wildman–Crippen LogP) is 5.67. The van der Waals surface area contributed by atoms with Crippen molar-refractivity contribution >= 4 is 33.2 Å². The van der Waals surface area contributed by atoms with Gasteiger partial charge in [0.25, 0.3) is 5.91 Å². The molecule has 1 unspecified atom stereocenters. The summed E-state index contributed by atoms with van der Waals surface area (Å²) in [5.74, 6) is 1.10. The molecule has 0 saturated carbocycles. The van der Waals surface area contributed by atoms with Crippen LogP contribution < -0.4 is 19.7 Å². The third-order valence-corrected chi connectivity index (χ3v) is 5.83. The molecule has 0 aliphatic carbocycles. The molecule has 1 N–H and O–H groups in total. The van der Waals surface area contributed by atoms with Crippen LogP contribution in [0.1, 0.15) is 28.4 Å². The smallest absolute Gasteiger partial charge is 0.258 e. The Kier molecular flexibility index (Phi) is 5.95. The summed E-state index contributed by atoms with van der Waals surface area (Å²) in [7, 11) is 3.15. The number of fused-ring (bicyclic) bond motifs is 1. The summed E-state index contributed by atoms with van der Waals surface area (Å²) >= 11 is 3.47. The minimum absolute atomic E-state index is 0.0505. The molecule has 4 rings (SSSR count). The van der Waals surface area contributed by atoms with Crippen molar-refractivity contribution in [1.29, 1.82) is 0 Å². The van der Waals surface area contributed by atoms with E-state index in [-0.39, 0.29) is 11.9 Å². The Morgan fingerprint density at radius 2 is 1.73 bits per heavy atom. The van der Waals surface area contributed by atoms with Gasteiger partial charge in [-0.3, -0.25) is 4.79 Å². The fraction of sp³-hybridized carbons (Fsp3) is 0.208. The lowest BCUT2D eigenvalue weighted by Crippen LogP contribution is -2.38. The molecule has 1 atom stereocenters. The number of para-hydroxylation sites is 1. The number of nitrogens with zero attached hydrogens (tertiary/aromatic N) is 1. The maximum absolute atomic E-state index is 13.3. The summed E-state index contributed by atoms with van der Waals surface area (Å²) in [5, 5.41) is 3.60. The first-order chi connectivity index (χ1) is 14.6. The van der Waals surface area contributed by atoms with Gasteiger partial charge < -0.3 is 19.7 Å². The molecule has 5 nitrogen and oxygen atoms in total. The van der Waals surface area contributed by atoms with E-state index in [1.807, 2.05) is 47.4 Å². The standard InChI is InChI=1S/C24H23BrN2O3/c1-29-22-12-7-16(15-23(22)30-2)24(28)27-14-13-20(19-5-3-4-6-21(19)27)26-18-10-8-17(25)9-11-18/h3-12,15,20,26H,13-14H2,1-2H3. The second-order valence-electron chi connectivity index (χ2n) is 7.08. The molecule has 3 aromatic rings. The normalized spacial score (nSPS) is 15.3. The van der Waals surface area contributed by atoms with E-state index in [4.69, 9.17) is 9.47 Å². The van der Waals surface area contributed by atoms with Crippen LogP contribution in [0.3, 0.4) is 0 Å². The third-order valence-electron chi connectivity index (χ3n) is 5.31. The van der Waals surface area contributed by atoms with Crippen LogP contribution in [0.25, 0.3) is 0 Å². The maximum atomic E-state index is 13.3. The Labute approximate surface area is 184 Å². The van der Waals surface area contributed by atoms with Crippen molar-refractivity contribution in [2.45, 2.75) is 12.5 Å². The van der Waals surface area contributed by atoms with E-state index in [0.717, 1.165) is 27.8 Å². The van der Waals surface area contributed by atoms with Gasteiger partial charge in [-0.15, -0.1) is 0 Å². The molecule has 3 aromatic carbocycles. The molecule has 1 amide bonds. The second-order valence-corrected chi connectivity index (χ2v) is 7.99. The molecule has 1 heterocycles. The number of carbonyl (C=O) groups excluding carboxylic acids is 1. The van der Waals surface area contributed by atoms with Crippen LogP contribution in [0.4, 0.5) is 11.4 Å². The Morgan fingerprint density at radius 3 is 2.47 bits per heavy atom. The number of nitrogens with one attached hydrogen (secondary N) is 1. The van der Waals surface area contributed by atoms with Crippen LogP contribution in [0, 0.1) is 0 Å². The number of hydrogen-bond donors (Lipinski definition) is 1. The number of carbonyl (C=O) groups is 1. The molecule has 1 aliphatic heterocycles. The number of rotatable bonds is 5. The highest BCUT2D eigenvalue weighted by atomic mass is 79.9. The number of methoxy groups -OCH3 is 2. The first-order valence-corrected chi connectivity index (χ1v) is 10.5. The van der Waals surface area contributed by atoms with E-state index in [9.17, 15) is 4.79 Å². The Bertz CT molecular complexity index is 1050. The Balaban J connectivity index is 1.62. The highest BCUT2D eigenvalue weighted by molar-refractivity contribution is 9.10. The molecule has 6 heteroatoms. The van der Waals surface area contributed by atoms with Crippen LogP contribution in [-0.4, -0.2) is 26.7 Å². The maximum Gasteiger partial charge on any atom is 0.258 e. The summed E-state index contributed by atoms with van der Waals surface area (Å²) in [4.78, 5) is 15.2. The second kappa shape index (κ2) is 8.79. The Hall–Kier alpha value is -2.99. The van der Waals surface area contributed by atoms with Gasteiger partial charge in [0.05, 0.1) is 20.3 Å². The van der Waals surface area contributed by atoms with Crippen molar-refractivity contribution in [1.82, 2.24) is 0 Å². The monoisotopic (exact) mass is 466 g/mol.